The van der Waals surface area contributed by atoms with Crippen molar-refractivity contribution >= 4 is 5.78 Å². The van der Waals surface area contributed by atoms with Crippen LogP contribution < -0.4 is 0 Å². The van der Waals surface area contributed by atoms with Gasteiger partial charge in [0.1, 0.15) is 0 Å². The Morgan fingerprint density at radius 2 is 1.50 bits per heavy atom. The molecule has 1 heterocycles. The van der Waals surface area contributed by atoms with Crippen molar-refractivity contribution in [3.8, 4) is 0 Å². The molecule has 0 spiro atoms. The Hall–Kier alpha value is -2.04. The minimum atomic E-state index is -4.39. The lowest BCUT2D eigenvalue weighted by Crippen LogP contribution is -2.26. The fourth-order valence-corrected chi connectivity index (χ4v) is 1.74. The normalized spacial score (nSPS) is 12.6. The van der Waals surface area contributed by atoms with Crippen LogP contribution in [0.25, 0.3) is 0 Å². The fourth-order valence-electron chi connectivity index (χ4n) is 1.74. The van der Waals surface area contributed by atoms with E-state index in [-0.39, 0.29) is 11.1 Å². The number of rotatable bonds is 0. The zero-order chi connectivity index (χ0) is 13.3. The van der Waals surface area contributed by atoms with Crippen LogP contribution in [0.1, 0.15) is 21.5 Å². The molecule has 1 aromatic carbocycles. The quantitative estimate of drug-likeness (QED) is 0.602. The maximum atomic E-state index is 12.1. The van der Waals surface area contributed by atoms with Crippen LogP contribution in [-0.4, -0.2) is 10.4 Å². The summed E-state index contributed by atoms with van der Waals surface area (Å²) in [5.74, 6) is -0.496. The monoisotopic (exact) mass is 253 g/mol. The van der Waals surface area contributed by atoms with E-state index in [1.54, 1.807) is 0 Å². The average molecular weight is 253 g/mol. The zero-order valence-electron chi connectivity index (χ0n) is 9.53. The fraction of sp³-hybridized carbons (Fsp3) is 0.154. The second-order valence-electron chi connectivity index (χ2n) is 3.90. The number of halogens is 3. The lowest BCUT2D eigenvalue weighted by atomic mass is 9.83. The molecule has 0 radical (unpaired) electrons. The van der Waals surface area contributed by atoms with Crippen LogP contribution in [0.4, 0.5) is 13.2 Å². The Balaban J connectivity index is 0.000000169. The summed E-state index contributed by atoms with van der Waals surface area (Å²) in [4.78, 5) is 10.8. The molecule has 18 heavy (non-hydrogen) atoms. The predicted octanol–water partition coefficient (Wildman–Crippen LogP) is 3.27. The summed E-state index contributed by atoms with van der Waals surface area (Å²) >= 11 is 0. The van der Waals surface area contributed by atoms with Crippen molar-refractivity contribution in [2.45, 2.75) is 6.18 Å². The predicted molar refractivity (Wildman–Crippen MR) is 60.3 cm³/mol. The summed E-state index contributed by atoms with van der Waals surface area (Å²) in [6.07, 6.45) is -0.389. The van der Waals surface area contributed by atoms with Crippen LogP contribution in [0.2, 0.25) is 0 Å². The molecule has 2 aromatic rings. The van der Waals surface area contributed by atoms with Crippen molar-refractivity contribution in [2.75, 3.05) is 0 Å². The van der Waals surface area contributed by atoms with Crippen LogP contribution in [0.3, 0.4) is 0 Å². The van der Waals surface area contributed by atoms with Gasteiger partial charge in [0.2, 0.25) is 0 Å². The smallest absolute Gasteiger partial charge is 0.357 e. The number of fused-ring (bicyclic) bond motifs is 2. The van der Waals surface area contributed by atoms with Gasteiger partial charge in [-0.05, 0) is 12.1 Å². The molecule has 0 amide bonds. The molecule has 0 aliphatic heterocycles. The van der Waals surface area contributed by atoms with E-state index in [1.165, 1.54) is 18.2 Å². The highest BCUT2D eigenvalue weighted by Gasteiger charge is 2.45. The SMILES string of the molecule is Cn1cccc1.O=C1c2cccc1c2C(F)(F)F. The van der Waals surface area contributed by atoms with Crippen molar-refractivity contribution in [2.24, 2.45) is 7.05 Å². The average Bonchev–Trinajstić information content (AvgIpc) is 2.78. The highest BCUT2D eigenvalue weighted by Crippen LogP contribution is 2.41. The third-order valence-corrected chi connectivity index (χ3v) is 2.59. The summed E-state index contributed by atoms with van der Waals surface area (Å²) in [5.41, 5.74) is -1.19. The molecule has 0 saturated heterocycles. The maximum Gasteiger partial charge on any atom is 0.417 e. The van der Waals surface area contributed by atoms with E-state index < -0.39 is 17.5 Å². The van der Waals surface area contributed by atoms with Gasteiger partial charge in [-0.15, -0.1) is 0 Å². The van der Waals surface area contributed by atoms with Gasteiger partial charge in [0.15, 0.2) is 5.78 Å². The van der Waals surface area contributed by atoms with Gasteiger partial charge < -0.3 is 4.57 Å². The molecule has 1 aromatic heterocycles. The molecular formula is C13H10F3NO. The molecule has 0 N–H and O–H groups in total. The van der Waals surface area contributed by atoms with Crippen molar-refractivity contribution in [3.63, 3.8) is 0 Å². The van der Waals surface area contributed by atoms with Gasteiger partial charge in [-0.2, -0.15) is 13.2 Å². The van der Waals surface area contributed by atoms with Crippen molar-refractivity contribution in [1.82, 2.24) is 4.57 Å². The van der Waals surface area contributed by atoms with Crippen LogP contribution in [0.5, 0.6) is 0 Å². The Morgan fingerprint density at radius 1 is 1.00 bits per heavy atom. The molecule has 2 bridgehead atoms. The number of benzene rings is 1. The van der Waals surface area contributed by atoms with Gasteiger partial charge in [0.05, 0.1) is 5.56 Å². The molecule has 4 rings (SSSR count). The Bertz CT molecular complexity index is 546. The molecule has 0 unspecified atom stereocenters. The maximum absolute atomic E-state index is 12.1. The molecule has 5 heteroatoms. The molecule has 2 aliphatic carbocycles. The summed E-state index contributed by atoms with van der Waals surface area (Å²) in [5, 5.41) is 0. The zero-order valence-corrected chi connectivity index (χ0v) is 9.53. The van der Waals surface area contributed by atoms with Gasteiger partial charge in [-0.25, -0.2) is 0 Å². The number of aromatic nitrogens is 1. The molecule has 0 atom stereocenters. The van der Waals surface area contributed by atoms with Gasteiger partial charge in [-0.3, -0.25) is 4.79 Å². The number of hydrogen-bond acceptors (Lipinski definition) is 1. The Morgan fingerprint density at radius 3 is 1.72 bits per heavy atom. The minimum Gasteiger partial charge on any atom is -0.357 e. The van der Waals surface area contributed by atoms with Gasteiger partial charge in [-0.1, -0.05) is 18.2 Å². The number of ketones is 1. The second-order valence-corrected chi connectivity index (χ2v) is 3.90. The number of alkyl halides is 3. The van der Waals surface area contributed by atoms with Crippen molar-refractivity contribution in [1.29, 1.82) is 0 Å². The topological polar surface area (TPSA) is 22.0 Å². The first-order valence-electron chi connectivity index (χ1n) is 5.23. The summed E-state index contributed by atoms with van der Waals surface area (Å²) in [6.45, 7) is 0. The van der Waals surface area contributed by atoms with Crippen molar-refractivity contribution < 1.29 is 18.0 Å². The highest BCUT2D eigenvalue weighted by molar-refractivity contribution is 6.19. The van der Waals surface area contributed by atoms with Gasteiger partial charge in [0.25, 0.3) is 0 Å². The highest BCUT2D eigenvalue weighted by atomic mass is 19.4. The van der Waals surface area contributed by atoms with Crippen LogP contribution in [0, 0.1) is 0 Å². The minimum absolute atomic E-state index is 0.208. The van der Waals surface area contributed by atoms with Crippen LogP contribution >= 0.6 is 0 Å². The summed E-state index contributed by atoms with van der Waals surface area (Å²) < 4.78 is 38.3. The molecule has 0 fully saturated rings. The molecule has 94 valence electrons. The lowest BCUT2D eigenvalue weighted by molar-refractivity contribution is -0.139. The van der Waals surface area contributed by atoms with Gasteiger partial charge in [0, 0.05) is 30.6 Å². The summed E-state index contributed by atoms with van der Waals surface area (Å²) in [7, 11) is 2.00. The van der Waals surface area contributed by atoms with E-state index in [4.69, 9.17) is 0 Å². The first kappa shape index (κ1) is 12.4. The van der Waals surface area contributed by atoms with E-state index in [9.17, 15) is 18.0 Å². The standard InChI is InChI=1S/C8H3F3O.C5H7N/c9-8(10,11)6-4-2-1-3-5(6)7(4)12;1-6-4-2-3-5-6/h1-3H;2-5H,1H3. The Labute approximate surface area is 102 Å². The third-order valence-electron chi connectivity index (χ3n) is 2.59. The first-order chi connectivity index (χ1) is 8.41. The van der Waals surface area contributed by atoms with E-state index in [2.05, 4.69) is 0 Å². The summed E-state index contributed by atoms with van der Waals surface area (Å²) in [6, 6.07) is 7.83. The number of hydrogen-bond donors (Lipinski definition) is 0. The largest absolute Gasteiger partial charge is 0.417 e. The van der Waals surface area contributed by atoms with E-state index in [1.807, 2.05) is 36.1 Å². The number of carbonyl (C=O) groups is 1. The van der Waals surface area contributed by atoms with E-state index in [0.717, 1.165) is 0 Å². The molecule has 2 nitrogen and oxygen atoms in total. The second kappa shape index (κ2) is 4.33. The van der Waals surface area contributed by atoms with Crippen LogP contribution in [-0.2, 0) is 13.2 Å². The number of carbonyl (C=O) groups excluding carboxylic acids is 1. The third kappa shape index (κ3) is 2.16. The number of aryl methyl sites for hydroxylation is 1. The Kier molecular flexibility index (Phi) is 2.98. The van der Waals surface area contributed by atoms with Gasteiger partial charge >= 0.3 is 6.18 Å². The number of nitrogens with zero attached hydrogens (tertiary/aromatic N) is 1. The van der Waals surface area contributed by atoms with Crippen LogP contribution in [0.15, 0.2) is 42.7 Å². The van der Waals surface area contributed by atoms with E-state index >= 15 is 0 Å². The molecule has 0 saturated carbocycles. The van der Waals surface area contributed by atoms with Crippen molar-refractivity contribution in [3.05, 3.63) is 59.4 Å². The molecular weight excluding hydrogens is 243 g/mol. The molecule has 2 aliphatic rings. The lowest BCUT2D eigenvalue weighted by Gasteiger charge is -2.23. The van der Waals surface area contributed by atoms with E-state index in [0.29, 0.717) is 0 Å². The first-order valence-corrected chi connectivity index (χ1v) is 5.23.